The summed E-state index contributed by atoms with van der Waals surface area (Å²) in [5, 5.41) is 5.39. The molecule has 6 heteroatoms. The molecule has 2 rings (SSSR count). The number of benzene rings is 1. The number of carbonyl (C=O) groups excluding carboxylic acids is 2. The lowest BCUT2D eigenvalue weighted by Gasteiger charge is -2.17. The molecule has 23 heavy (non-hydrogen) atoms. The van der Waals surface area contributed by atoms with Crippen LogP contribution in [0, 0.1) is 0 Å². The van der Waals surface area contributed by atoms with Crippen LogP contribution in [0.5, 0.6) is 5.75 Å². The van der Waals surface area contributed by atoms with Crippen molar-refractivity contribution in [2.24, 2.45) is 0 Å². The van der Waals surface area contributed by atoms with Crippen molar-refractivity contribution in [3.05, 3.63) is 29.8 Å². The number of amides is 2. The summed E-state index contributed by atoms with van der Waals surface area (Å²) in [5.74, 6) is -0.478. The molecule has 1 aromatic rings. The van der Waals surface area contributed by atoms with Gasteiger partial charge in [-0.1, -0.05) is 25.0 Å². The highest BCUT2D eigenvalue weighted by atomic mass is 16.5. The van der Waals surface area contributed by atoms with Crippen molar-refractivity contribution in [2.75, 3.05) is 20.8 Å². The molecular weight excluding hydrogens is 296 g/mol. The van der Waals surface area contributed by atoms with Gasteiger partial charge < -0.3 is 20.1 Å². The third-order valence-corrected chi connectivity index (χ3v) is 4.09. The van der Waals surface area contributed by atoms with Crippen LogP contribution in [-0.2, 0) is 14.3 Å². The summed E-state index contributed by atoms with van der Waals surface area (Å²) in [4.78, 5) is 23.8. The molecule has 0 spiro atoms. The SMILES string of the molecule is COc1cccc([C@H](CNC(=O)C(=O)NC2CCCC2)OC)c1. The summed E-state index contributed by atoms with van der Waals surface area (Å²) >= 11 is 0. The zero-order valence-corrected chi connectivity index (χ0v) is 13.6. The van der Waals surface area contributed by atoms with Crippen molar-refractivity contribution in [1.29, 1.82) is 0 Å². The minimum absolute atomic E-state index is 0.129. The van der Waals surface area contributed by atoms with Gasteiger partial charge in [-0.15, -0.1) is 0 Å². The Balaban J connectivity index is 1.86. The molecule has 1 aliphatic rings. The van der Waals surface area contributed by atoms with Crippen LogP contribution in [0.4, 0.5) is 0 Å². The van der Waals surface area contributed by atoms with E-state index in [1.807, 2.05) is 24.3 Å². The Bertz CT molecular complexity index is 541. The van der Waals surface area contributed by atoms with Gasteiger partial charge in [-0.25, -0.2) is 0 Å². The van der Waals surface area contributed by atoms with Gasteiger partial charge in [0.1, 0.15) is 5.75 Å². The van der Waals surface area contributed by atoms with Gasteiger partial charge in [0.15, 0.2) is 0 Å². The molecule has 2 N–H and O–H groups in total. The van der Waals surface area contributed by atoms with E-state index in [-0.39, 0.29) is 18.7 Å². The van der Waals surface area contributed by atoms with Crippen LogP contribution in [0.1, 0.15) is 37.4 Å². The molecule has 0 heterocycles. The molecule has 2 amide bonds. The number of ether oxygens (including phenoxy) is 2. The minimum atomic E-state index is -0.623. The van der Waals surface area contributed by atoms with Crippen molar-refractivity contribution in [3.8, 4) is 5.75 Å². The average molecular weight is 320 g/mol. The van der Waals surface area contributed by atoms with Crippen LogP contribution < -0.4 is 15.4 Å². The van der Waals surface area contributed by atoms with E-state index in [0.717, 1.165) is 37.0 Å². The van der Waals surface area contributed by atoms with Gasteiger partial charge in [-0.3, -0.25) is 9.59 Å². The molecular formula is C17H24N2O4. The first-order valence-electron chi connectivity index (χ1n) is 7.89. The number of rotatable bonds is 6. The monoisotopic (exact) mass is 320 g/mol. The fraction of sp³-hybridized carbons (Fsp3) is 0.529. The van der Waals surface area contributed by atoms with Gasteiger partial charge in [-0.05, 0) is 30.5 Å². The van der Waals surface area contributed by atoms with Gasteiger partial charge in [0.05, 0.1) is 13.2 Å². The first-order valence-corrected chi connectivity index (χ1v) is 7.89. The molecule has 1 atom stereocenters. The predicted molar refractivity (Wildman–Crippen MR) is 86.2 cm³/mol. The molecule has 1 aliphatic carbocycles. The molecule has 0 bridgehead atoms. The molecule has 0 radical (unpaired) electrons. The van der Waals surface area contributed by atoms with E-state index >= 15 is 0 Å². The lowest BCUT2D eigenvalue weighted by atomic mass is 10.1. The first-order chi connectivity index (χ1) is 11.1. The summed E-state index contributed by atoms with van der Waals surface area (Å²) < 4.78 is 10.6. The summed E-state index contributed by atoms with van der Waals surface area (Å²) in [6, 6.07) is 7.56. The quantitative estimate of drug-likeness (QED) is 0.780. The third kappa shape index (κ3) is 4.96. The Morgan fingerprint density at radius 3 is 2.61 bits per heavy atom. The Morgan fingerprint density at radius 2 is 1.96 bits per heavy atom. The van der Waals surface area contributed by atoms with Crippen LogP contribution in [-0.4, -0.2) is 38.6 Å². The standard InChI is InChI=1S/C17H24N2O4/c1-22-14-9-5-6-12(10-14)15(23-2)11-18-16(20)17(21)19-13-7-3-4-8-13/h5-6,9-10,13,15H,3-4,7-8,11H2,1-2H3,(H,18,20)(H,19,21)/t15-/m0/s1. The zero-order valence-electron chi connectivity index (χ0n) is 13.6. The summed E-state index contributed by atoms with van der Waals surface area (Å²) in [6.45, 7) is 0.223. The molecule has 0 aromatic heterocycles. The van der Waals surface area contributed by atoms with Crippen molar-refractivity contribution in [3.63, 3.8) is 0 Å². The van der Waals surface area contributed by atoms with E-state index in [2.05, 4.69) is 10.6 Å². The van der Waals surface area contributed by atoms with Crippen molar-refractivity contribution in [2.45, 2.75) is 37.8 Å². The second-order valence-electron chi connectivity index (χ2n) is 5.67. The highest BCUT2D eigenvalue weighted by Gasteiger charge is 2.22. The van der Waals surface area contributed by atoms with Gasteiger partial charge in [0, 0.05) is 19.7 Å². The van der Waals surface area contributed by atoms with Gasteiger partial charge in [0.25, 0.3) is 0 Å². The maximum absolute atomic E-state index is 11.9. The van der Waals surface area contributed by atoms with Gasteiger partial charge >= 0.3 is 11.8 Å². The second-order valence-corrected chi connectivity index (χ2v) is 5.67. The van der Waals surface area contributed by atoms with Crippen LogP contribution in [0.25, 0.3) is 0 Å². The molecule has 0 saturated heterocycles. The lowest BCUT2D eigenvalue weighted by Crippen LogP contribution is -2.44. The highest BCUT2D eigenvalue weighted by Crippen LogP contribution is 2.21. The van der Waals surface area contributed by atoms with Crippen LogP contribution in [0.3, 0.4) is 0 Å². The molecule has 0 aliphatic heterocycles. The largest absolute Gasteiger partial charge is 0.497 e. The zero-order chi connectivity index (χ0) is 16.7. The summed E-state index contributed by atoms with van der Waals surface area (Å²) in [7, 11) is 3.16. The van der Waals surface area contributed by atoms with E-state index in [0.29, 0.717) is 0 Å². The molecule has 1 fully saturated rings. The predicted octanol–water partition coefficient (Wildman–Crippen LogP) is 1.56. The second kappa shape index (κ2) is 8.53. The molecule has 0 unspecified atom stereocenters. The minimum Gasteiger partial charge on any atom is -0.497 e. The number of hydrogen-bond acceptors (Lipinski definition) is 4. The van der Waals surface area contributed by atoms with Crippen molar-refractivity contribution in [1.82, 2.24) is 10.6 Å². The number of carbonyl (C=O) groups is 2. The average Bonchev–Trinajstić information content (AvgIpc) is 3.08. The normalized spacial score (nSPS) is 15.9. The highest BCUT2D eigenvalue weighted by molar-refractivity contribution is 6.35. The van der Waals surface area contributed by atoms with Crippen molar-refractivity contribution < 1.29 is 19.1 Å². The van der Waals surface area contributed by atoms with E-state index in [1.54, 1.807) is 14.2 Å². The maximum Gasteiger partial charge on any atom is 0.309 e. The van der Waals surface area contributed by atoms with E-state index in [9.17, 15) is 9.59 Å². The smallest absolute Gasteiger partial charge is 0.309 e. The maximum atomic E-state index is 11.9. The Labute approximate surface area is 136 Å². The van der Waals surface area contributed by atoms with Crippen LogP contribution in [0.15, 0.2) is 24.3 Å². The molecule has 126 valence electrons. The van der Waals surface area contributed by atoms with Gasteiger partial charge in [-0.2, -0.15) is 0 Å². The van der Waals surface area contributed by atoms with E-state index < -0.39 is 11.8 Å². The Kier molecular flexibility index (Phi) is 6.40. The fourth-order valence-electron chi connectivity index (χ4n) is 2.77. The lowest BCUT2D eigenvalue weighted by molar-refractivity contribution is -0.139. The van der Waals surface area contributed by atoms with Crippen LogP contribution >= 0.6 is 0 Å². The first kappa shape index (κ1) is 17.3. The third-order valence-electron chi connectivity index (χ3n) is 4.09. The summed E-state index contributed by atoms with van der Waals surface area (Å²) in [5.41, 5.74) is 0.878. The fourth-order valence-corrected chi connectivity index (χ4v) is 2.77. The number of hydrogen-bond donors (Lipinski definition) is 2. The van der Waals surface area contributed by atoms with E-state index in [4.69, 9.17) is 9.47 Å². The van der Waals surface area contributed by atoms with E-state index in [1.165, 1.54) is 0 Å². The van der Waals surface area contributed by atoms with Crippen molar-refractivity contribution >= 4 is 11.8 Å². The Hall–Kier alpha value is -2.08. The Morgan fingerprint density at radius 1 is 1.22 bits per heavy atom. The number of nitrogens with one attached hydrogen (secondary N) is 2. The summed E-state index contributed by atoms with van der Waals surface area (Å²) in [6.07, 6.45) is 3.77. The topological polar surface area (TPSA) is 76.7 Å². The number of methoxy groups -OCH3 is 2. The van der Waals surface area contributed by atoms with Gasteiger partial charge in [0.2, 0.25) is 0 Å². The molecule has 6 nitrogen and oxygen atoms in total. The molecule has 1 saturated carbocycles. The van der Waals surface area contributed by atoms with Crippen LogP contribution in [0.2, 0.25) is 0 Å². The molecule has 1 aromatic carbocycles.